The van der Waals surface area contributed by atoms with E-state index >= 15 is 0 Å². The van der Waals surface area contributed by atoms with E-state index < -0.39 is 0 Å². The fourth-order valence-corrected chi connectivity index (χ4v) is 4.51. The molecule has 25 heavy (non-hydrogen) atoms. The van der Waals surface area contributed by atoms with Gasteiger partial charge in [-0.1, -0.05) is 6.42 Å². The number of nitrogens with zero attached hydrogens (tertiary/aromatic N) is 1. The minimum Gasteiger partial charge on any atom is -0.459 e. The zero-order chi connectivity index (χ0) is 17.4. The molecule has 2 aliphatic rings. The second kappa shape index (κ2) is 6.67. The predicted octanol–water partition coefficient (Wildman–Crippen LogP) is 2.81. The number of hydrogen-bond acceptors (Lipinski definition) is 5. The highest BCUT2D eigenvalue weighted by Crippen LogP contribution is 2.39. The molecule has 2 unspecified atom stereocenters. The summed E-state index contributed by atoms with van der Waals surface area (Å²) in [6.45, 7) is 1.83. The topological polar surface area (TPSA) is 94.3 Å². The molecule has 2 atom stereocenters. The van der Waals surface area contributed by atoms with E-state index in [-0.39, 0.29) is 24.4 Å². The highest BCUT2D eigenvalue weighted by Gasteiger charge is 2.39. The van der Waals surface area contributed by atoms with E-state index in [1.807, 2.05) is 6.92 Å². The van der Waals surface area contributed by atoms with Gasteiger partial charge in [-0.3, -0.25) is 4.79 Å². The molecule has 0 radical (unpaired) electrons. The van der Waals surface area contributed by atoms with Crippen LogP contribution in [0.15, 0.2) is 27.2 Å². The lowest BCUT2D eigenvalue weighted by Gasteiger charge is -2.45. The SMILES string of the molecule is Cc1oc(-c2ccco2)nc1CC(=O)NC1C2CCCC1CC(N)C2. The summed E-state index contributed by atoms with van der Waals surface area (Å²) in [6.07, 6.45) is 7.44. The Hall–Kier alpha value is -2.08. The van der Waals surface area contributed by atoms with Crippen molar-refractivity contribution in [3.63, 3.8) is 0 Å². The number of fused-ring (bicyclic) bond motifs is 2. The highest BCUT2D eigenvalue weighted by molar-refractivity contribution is 5.78. The molecule has 134 valence electrons. The van der Waals surface area contributed by atoms with Crippen molar-refractivity contribution in [1.29, 1.82) is 0 Å². The number of oxazole rings is 1. The molecule has 3 N–H and O–H groups in total. The van der Waals surface area contributed by atoms with Gasteiger partial charge in [0.15, 0.2) is 5.76 Å². The number of amides is 1. The van der Waals surface area contributed by atoms with E-state index in [1.165, 1.54) is 19.3 Å². The van der Waals surface area contributed by atoms with Gasteiger partial charge in [0.2, 0.25) is 5.91 Å². The average molecular weight is 343 g/mol. The van der Waals surface area contributed by atoms with Crippen LogP contribution < -0.4 is 11.1 Å². The maximum absolute atomic E-state index is 12.6. The van der Waals surface area contributed by atoms with Crippen LogP contribution in [0.25, 0.3) is 11.7 Å². The molecule has 0 spiro atoms. The number of nitrogens with two attached hydrogens (primary N) is 1. The number of carbonyl (C=O) groups excluding carboxylic acids is 1. The van der Waals surface area contributed by atoms with Crippen LogP contribution in [0.1, 0.15) is 43.6 Å². The van der Waals surface area contributed by atoms with Crippen LogP contribution in [0.4, 0.5) is 0 Å². The fraction of sp³-hybridized carbons (Fsp3) is 0.579. The number of aromatic nitrogens is 1. The first kappa shape index (κ1) is 16.4. The molecule has 0 saturated heterocycles. The maximum Gasteiger partial charge on any atom is 0.263 e. The Morgan fingerprint density at radius 3 is 2.80 bits per heavy atom. The van der Waals surface area contributed by atoms with E-state index in [4.69, 9.17) is 14.6 Å². The van der Waals surface area contributed by atoms with Crippen molar-refractivity contribution in [2.45, 2.75) is 57.5 Å². The Balaban J connectivity index is 1.43. The van der Waals surface area contributed by atoms with Crippen molar-refractivity contribution in [2.24, 2.45) is 17.6 Å². The number of rotatable bonds is 4. The minimum absolute atomic E-state index is 0.0137. The Labute approximate surface area is 147 Å². The molecular weight excluding hydrogens is 318 g/mol. The third-order valence-corrected chi connectivity index (χ3v) is 5.66. The molecule has 2 aromatic rings. The minimum atomic E-state index is 0.0137. The summed E-state index contributed by atoms with van der Waals surface area (Å²) in [5, 5.41) is 3.26. The largest absolute Gasteiger partial charge is 0.459 e. The van der Waals surface area contributed by atoms with Gasteiger partial charge in [-0.25, -0.2) is 4.98 Å². The zero-order valence-corrected chi connectivity index (χ0v) is 14.5. The van der Waals surface area contributed by atoms with Gasteiger partial charge in [0.1, 0.15) is 5.76 Å². The molecule has 2 saturated carbocycles. The van der Waals surface area contributed by atoms with Crippen LogP contribution in [0.2, 0.25) is 0 Å². The van der Waals surface area contributed by atoms with Gasteiger partial charge in [0.25, 0.3) is 5.89 Å². The molecule has 2 bridgehead atoms. The quantitative estimate of drug-likeness (QED) is 0.890. The van der Waals surface area contributed by atoms with Gasteiger partial charge >= 0.3 is 0 Å². The van der Waals surface area contributed by atoms with Gasteiger partial charge in [-0.2, -0.15) is 0 Å². The Bertz CT molecular complexity index is 723. The second-order valence-electron chi connectivity index (χ2n) is 7.45. The van der Waals surface area contributed by atoms with Crippen molar-refractivity contribution >= 4 is 5.91 Å². The van der Waals surface area contributed by atoms with Crippen LogP contribution >= 0.6 is 0 Å². The van der Waals surface area contributed by atoms with Gasteiger partial charge < -0.3 is 19.9 Å². The molecule has 1 amide bonds. The lowest BCUT2D eigenvalue weighted by molar-refractivity contribution is -0.122. The normalized spacial score (nSPS) is 28.7. The molecule has 6 nitrogen and oxygen atoms in total. The molecule has 0 aliphatic heterocycles. The van der Waals surface area contributed by atoms with Crippen molar-refractivity contribution < 1.29 is 13.6 Å². The molecule has 2 aliphatic carbocycles. The lowest BCUT2D eigenvalue weighted by Crippen LogP contribution is -2.54. The average Bonchev–Trinajstić information content (AvgIpc) is 3.19. The third-order valence-electron chi connectivity index (χ3n) is 5.66. The number of carbonyl (C=O) groups is 1. The molecule has 2 aromatic heterocycles. The van der Waals surface area contributed by atoms with Crippen LogP contribution in [-0.4, -0.2) is 23.0 Å². The number of nitrogens with one attached hydrogen (secondary N) is 1. The van der Waals surface area contributed by atoms with Gasteiger partial charge in [-0.15, -0.1) is 0 Å². The third kappa shape index (κ3) is 3.35. The van der Waals surface area contributed by atoms with E-state index in [0.29, 0.717) is 34.9 Å². The van der Waals surface area contributed by atoms with E-state index in [1.54, 1.807) is 18.4 Å². The van der Waals surface area contributed by atoms with E-state index in [0.717, 1.165) is 12.8 Å². The van der Waals surface area contributed by atoms with Gasteiger partial charge in [0.05, 0.1) is 18.4 Å². The van der Waals surface area contributed by atoms with Gasteiger partial charge in [-0.05, 0) is 56.6 Å². The first-order valence-electron chi connectivity index (χ1n) is 9.15. The summed E-state index contributed by atoms with van der Waals surface area (Å²) in [5.41, 5.74) is 6.83. The summed E-state index contributed by atoms with van der Waals surface area (Å²) < 4.78 is 10.9. The second-order valence-corrected chi connectivity index (χ2v) is 7.45. The standard InChI is InChI=1S/C19H25N3O3/c1-11-15(21-19(25-11)16-6-3-7-24-16)10-17(23)22-18-12-4-2-5-13(18)9-14(20)8-12/h3,6-7,12-14,18H,2,4-5,8-10,20H2,1H3,(H,22,23). The molecular formula is C19H25N3O3. The first-order chi connectivity index (χ1) is 12.1. The zero-order valence-electron chi connectivity index (χ0n) is 14.5. The summed E-state index contributed by atoms with van der Waals surface area (Å²) in [5.74, 6) is 2.70. The highest BCUT2D eigenvalue weighted by atomic mass is 16.4. The lowest BCUT2D eigenvalue weighted by atomic mass is 9.67. The van der Waals surface area contributed by atoms with Crippen LogP contribution in [-0.2, 0) is 11.2 Å². The monoisotopic (exact) mass is 343 g/mol. The Morgan fingerprint density at radius 1 is 1.36 bits per heavy atom. The molecule has 6 heteroatoms. The van der Waals surface area contributed by atoms with E-state index in [9.17, 15) is 4.79 Å². The number of furan rings is 1. The van der Waals surface area contributed by atoms with Gasteiger partial charge in [0, 0.05) is 12.1 Å². The number of hydrogen-bond donors (Lipinski definition) is 2. The Kier molecular flexibility index (Phi) is 4.37. The van der Waals surface area contributed by atoms with Crippen LogP contribution in [0.5, 0.6) is 0 Å². The number of aryl methyl sites for hydroxylation is 1. The summed E-state index contributed by atoms with van der Waals surface area (Å²) in [6, 6.07) is 4.13. The van der Waals surface area contributed by atoms with Crippen molar-refractivity contribution in [3.8, 4) is 11.7 Å². The van der Waals surface area contributed by atoms with Crippen molar-refractivity contribution in [1.82, 2.24) is 10.3 Å². The summed E-state index contributed by atoms with van der Waals surface area (Å²) >= 11 is 0. The molecule has 0 aromatic carbocycles. The molecule has 4 rings (SSSR count). The fourth-order valence-electron chi connectivity index (χ4n) is 4.51. The maximum atomic E-state index is 12.6. The predicted molar refractivity (Wildman–Crippen MR) is 92.6 cm³/mol. The van der Waals surface area contributed by atoms with E-state index in [2.05, 4.69) is 10.3 Å². The van der Waals surface area contributed by atoms with Crippen LogP contribution in [0.3, 0.4) is 0 Å². The van der Waals surface area contributed by atoms with Crippen molar-refractivity contribution in [2.75, 3.05) is 0 Å². The summed E-state index contributed by atoms with van der Waals surface area (Å²) in [7, 11) is 0. The smallest absolute Gasteiger partial charge is 0.263 e. The van der Waals surface area contributed by atoms with Crippen molar-refractivity contribution in [3.05, 3.63) is 29.9 Å². The first-order valence-corrected chi connectivity index (χ1v) is 9.15. The van der Waals surface area contributed by atoms with Crippen LogP contribution in [0, 0.1) is 18.8 Å². The molecule has 2 fully saturated rings. The Morgan fingerprint density at radius 2 is 2.12 bits per heavy atom. The molecule has 2 heterocycles. The summed E-state index contributed by atoms with van der Waals surface area (Å²) in [4.78, 5) is 17.0.